The summed E-state index contributed by atoms with van der Waals surface area (Å²) in [5.74, 6) is 0.579. The second-order valence-corrected chi connectivity index (χ2v) is 7.67. The fourth-order valence-electron chi connectivity index (χ4n) is 2.40. The Labute approximate surface area is 150 Å². The van der Waals surface area contributed by atoms with Crippen molar-refractivity contribution in [3.05, 3.63) is 64.6 Å². The molecule has 4 nitrogen and oxygen atoms in total. The molecule has 0 saturated carbocycles. The fourth-order valence-corrected chi connectivity index (χ4v) is 4.17. The molecule has 0 bridgehead atoms. The summed E-state index contributed by atoms with van der Waals surface area (Å²) in [6.07, 6.45) is 0. The van der Waals surface area contributed by atoms with Gasteiger partial charge in [-0.25, -0.2) is 8.42 Å². The molecule has 0 aliphatic carbocycles. The molecular formula is C17H13Cl2NO3S. The van der Waals surface area contributed by atoms with Crippen LogP contribution in [0.25, 0.3) is 10.8 Å². The van der Waals surface area contributed by atoms with E-state index in [4.69, 9.17) is 27.9 Å². The predicted octanol–water partition coefficient (Wildman–Crippen LogP) is 4.96. The van der Waals surface area contributed by atoms with Gasteiger partial charge in [0.25, 0.3) is 10.0 Å². The van der Waals surface area contributed by atoms with Crippen molar-refractivity contribution in [2.45, 2.75) is 4.90 Å². The minimum Gasteiger partial charge on any atom is -0.496 e. The van der Waals surface area contributed by atoms with E-state index in [0.717, 1.165) is 10.8 Å². The van der Waals surface area contributed by atoms with Gasteiger partial charge in [-0.1, -0.05) is 47.5 Å². The number of sulfonamides is 1. The molecule has 0 radical (unpaired) electrons. The average Bonchev–Trinajstić information content (AvgIpc) is 2.52. The Morgan fingerprint density at radius 1 is 0.958 bits per heavy atom. The van der Waals surface area contributed by atoms with Crippen molar-refractivity contribution in [1.29, 1.82) is 0 Å². The van der Waals surface area contributed by atoms with Gasteiger partial charge in [0.1, 0.15) is 5.75 Å². The summed E-state index contributed by atoms with van der Waals surface area (Å²) in [6, 6.07) is 15.1. The van der Waals surface area contributed by atoms with E-state index in [1.807, 2.05) is 24.3 Å². The van der Waals surface area contributed by atoms with Crippen molar-refractivity contribution in [3.63, 3.8) is 0 Å². The molecule has 0 unspecified atom stereocenters. The molecule has 0 saturated heterocycles. The summed E-state index contributed by atoms with van der Waals surface area (Å²) < 4.78 is 33.0. The van der Waals surface area contributed by atoms with Crippen LogP contribution in [0.15, 0.2) is 59.5 Å². The minimum absolute atomic E-state index is 0.00729. The number of benzene rings is 3. The molecule has 0 heterocycles. The first-order valence-corrected chi connectivity index (χ1v) is 9.19. The smallest absolute Gasteiger partial charge is 0.261 e. The lowest BCUT2D eigenvalue weighted by Gasteiger charge is -2.12. The maximum atomic E-state index is 12.6. The van der Waals surface area contributed by atoms with E-state index in [0.29, 0.717) is 11.4 Å². The number of anilines is 1. The van der Waals surface area contributed by atoms with Crippen LogP contribution in [0.3, 0.4) is 0 Å². The van der Waals surface area contributed by atoms with Crippen LogP contribution in [0.2, 0.25) is 10.0 Å². The van der Waals surface area contributed by atoms with Gasteiger partial charge in [0.05, 0.1) is 17.7 Å². The molecule has 0 fully saturated rings. The van der Waals surface area contributed by atoms with Gasteiger partial charge in [-0.15, -0.1) is 0 Å². The Kier molecular flexibility index (Phi) is 4.58. The lowest BCUT2D eigenvalue weighted by molar-refractivity contribution is 0.420. The first kappa shape index (κ1) is 16.9. The van der Waals surface area contributed by atoms with Gasteiger partial charge in [0, 0.05) is 21.5 Å². The van der Waals surface area contributed by atoms with Gasteiger partial charge < -0.3 is 4.74 Å². The SMILES string of the molecule is COc1cc(NS(=O)(=O)c2cc(Cl)cc(Cl)c2)cc2ccccc12. The van der Waals surface area contributed by atoms with Gasteiger partial charge in [0.15, 0.2) is 0 Å². The Balaban J connectivity index is 2.05. The molecule has 0 atom stereocenters. The van der Waals surface area contributed by atoms with Crippen LogP contribution in [0.5, 0.6) is 5.75 Å². The minimum atomic E-state index is -3.83. The maximum Gasteiger partial charge on any atom is 0.261 e. The van der Waals surface area contributed by atoms with E-state index >= 15 is 0 Å². The summed E-state index contributed by atoms with van der Waals surface area (Å²) in [4.78, 5) is -0.00729. The van der Waals surface area contributed by atoms with Gasteiger partial charge >= 0.3 is 0 Å². The van der Waals surface area contributed by atoms with Gasteiger partial charge in [-0.3, -0.25) is 4.72 Å². The van der Waals surface area contributed by atoms with Crippen LogP contribution in [0.1, 0.15) is 0 Å². The largest absolute Gasteiger partial charge is 0.496 e. The number of methoxy groups -OCH3 is 1. The van der Waals surface area contributed by atoms with Crippen LogP contribution < -0.4 is 9.46 Å². The van der Waals surface area contributed by atoms with E-state index in [9.17, 15) is 8.42 Å². The maximum absolute atomic E-state index is 12.6. The number of rotatable bonds is 4. The Bertz CT molecular complexity index is 999. The van der Waals surface area contributed by atoms with Crippen molar-refractivity contribution in [3.8, 4) is 5.75 Å². The molecule has 3 rings (SSSR count). The zero-order valence-corrected chi connectivity index (χ0v) is 14.9. The molecular weight excluding hydrogens is 369 g/mol. The highest BCUT2D eigenvalue weighted by Crippen LogP contribution is 2.31. The van der Waals surface area contributed by atoms with E-state index in [-0.39, 0.29) is 14.9 Å². The van der Waals surface area contributed by atoms with Crippen molar-refractivity contribution in [2.24, 2.45) is 0 Å². The molecule has 0 spiro atoms. The zero-order valence-electron chi connectivity index (χ0n) is 12.6. The Hall–Kier alpha value is -1.95. The second-order valence-electron chi connectivity index (χ2n) is 5.11. The van der Waals surface area contributed by atoms with Gasteiger partial charge in [-0.2, -0.15) is 0 Å². The van der Waals surface area contributed by atoms with Crippen LogP contribution in [-0.4, -0.2) is 15.5 Å². The normalized spacial score (nSPS) is 11.5. The van der Waals surface area contributed by atoms with Gasteiger partial charge in [-0.05, 0) is 29.7 Å². The van der Waals surface area contributed by atoms with Crippen LogP contribution in [0.4, 0.5) is 5.69 Å². The van der Waals surface area contributed by atoms with E-state index in [1.165, 1.54) is 25.3 Å². The number of hydrogen-bond acceptors (Lipinski definition) is 3. The summed E-state index contributed by atoms with van der Waals surface area (Å²) in [7, 11) is -2.29. The molecule has 3 aromatic carbocycles. The summed E-state index contributed by atoms with van der Waals surface area (Å²) in [5.41, 5.74) is 0.390. The third-order valence-corrected chi connectivity index (χ3v) is 5.24. The number of nitrogens with one attached hydrogen (secondary N) is 1. The summed E-state index contributed by atoms with van der Waals surface area (Å²) in [5, 5.41) is 2.25. The summed E-state index contributed by atoms with van der Waals surface area (Å²) >= 11 is 11.8. The Morgan fingerprint density at radius 3 is 2.29 bits per heavy atom. The monoisotopic (exact) mass is 381 g/mol. The molecule has 24 heavy (non-hydrogen) atoms. The summed E-state index contributed by atoms with van der Waals surface area (Å²) in [6.45, 7) is 0. The molecule has 0 aromatic heterocycles. The predicted molar refractivity (Wildman–Crippen MR) is 97.8 cm³/mol. The Morgan fingerprint density at radius 2 is 1.62 bits per heavy atom. The standard InChI is InChI=1S/C17H13Cl2NO3S/c1-23-17-10-14(6-11-4-2-3-5-16(11)17)20-24(21,22)15-8-12(18)7-13(19)9-15/h2-10,20H,1H3. The molecule has 0 aliphatic heterocycles. The topological polar surface area (TPSA) is 55.4 Å². The van der Waals surface area contributed by atoms with Crippen LogP contribution >= 0.6 is 23.2 Å². The molecule has 0 amide bonds. The highest BCUT2D eigenvalue weighted by Gasteiger charge is 2.17. The average molecular weight is 382 g/mol. The fraction of sp³-hybridized carbons (Fsp3) is 0.0588. The van der Waals surface area contributed by atoms with E-state index in [1.54, 1.807) is 12.1 Å². The molecule has 0 aliphatic rings. The number of halogens is 2. The highest BCUT2D eigenvalue weighted by molar-refractivity contribution is 7.92. The van der Waals surface area contributed by atoms with Gasteiger partial charge in [0.2, 0.25) is 0 Å². The third kappa shape index (κ3) is 3.43. The third-order valence-electron chi connectivity index (χ3n) is 3.44. The van der Waals surface area contributed by atoms with Crippen LogP contribution in [0, 0.1) is 0 Å². The zero-order chi connectivity index (χ0) is 17.3. The highest BCUT2D eigenvalue weighted by atomic mass is 35.5. The number of hydrogen-bond donors (Lipinski definition) is 1. The van der Waals surface area contributed by atoms with Crippen molar-refractivity contribution < 1.29 is 13.2 Å². The first-order valence-electron chi connectivity index (χ1n) is 6.95. The quantitative estimate of drug-likeness (QED) is 0.694. The van der Waals surface area contributed by atoms with E-state index < -0.39 is 10.0 Å². The lowest BCUT2D eigenvalue weighted by atomic mass is 10.1. The molecule has 124 valence electrons. The number of fused-ring (bicyclic) bond motifs is 1. The number of ether oxygens (including phenoxy) is 1. The molecule has 3 aromatic rings. The van der Waals surface area contributed by atoms with Crippen molar-refractivity contribution >= 4 is 49.7 Å². The molecule has 1 N–H and O–H groups in total. The van der Waals surface area contributed by atoms with Crippen LogP contribution in [-0.2, 0) is 10.0 Å². The van der Waals surface area contributed by atoms with Crippen molar-refractivity contribution in [1.82, 2.24) is 0 Å². The second kappa shape index (κ2) is 6.51. The molecule has 7 heteroatoms. The van der Waals surface area contributed by atoms with E-state index in [2.05, 4.69) is 4.72 Å². The first-order chi connectivity index (χ1) is 11.4. The lowest BCUT2D eigenvalue weighted by Crippen LogP contribution is -2.13. The van der Waals surface area contributed by atoms with Crippen molar-refractivity contribution in [2.75, 3.05) is 11.8 Å².